The number of anilines is 1. The van der Waals surface area contributed by atoms with Crippen molar-refractivity contribution in [1.29, 1.82) is 0 Å². The molecule has 3 rings (SSSR count). The first kappa shape index (κ1) is 11.3. The third kappa shape index (κ3) is 2.10. The molecule has 0 radical (unpaired) electrons. The van der Waals surface area contributed by atoms with E-state index in [-0.39, 0.29) is 0 Å². The van der Waals surface area contributed by atoms with Gasteiger partial charge in [0.25, 0.3) is 0 Å². The van der Waals surface area contributed by atoms with E-state index in [0.717, 1.165) is 17.3 Å². The van der Waals surface area contributed by atoms with E-state index in [1.807, 2.05) is 16.9 Å². The van der Waals surface area contributed by atoms with Gasteiger partial charge >= 0.3 is 0 Å². The minimum atomic E-state index is 0.578. The van der Waals surface area contributed by atoms with Crippen LogP contribution in [0.2, 0.25) is 0 Å². The van der Waals surface area contributed by atoms with Gasteiger partial charge in [-0.25, -0.2) is 4.68 Å². The second-order valence-electron chi connectivity index (χ2n) is 5.02. The maximum Gasteiger partial charge on any atom is 0.0894 e. The standard InChI is InChI=1S/C14H18N4/c1-11-5-4-7-12(11)16-13-6-2-3-8-14(13)18-10-9-15-17-18/h2-3,6,8-12,16H,4-5,7H2,1H3. The molecule has 2 unspecified atom stereocenters. The normalized spacial score (nSPS) is 23.2. The van der Waals surface area contributed by atoms with Crippen molar-refractivity contribution in [3.63, 3.8) is 0 Å². The lowest BCUT2D eigenvalue weighted by atomic mass is 10.1. The summed E-state index contributed by atoms with van der Waals surface area (Å²) in [5.41, 5.74) is 2.20. The summed E-state index contributed by atoms with van der Waals surface area (Å²) in [6.45, 7) is 2.32. The average molecular weight is 242 g/mol. The molecule has 0 bridgehead atoms. The fraction of sp³-hybridized carbons (Fsp3) is 0.429. The van der Waals surface area contributed by atoms with Crippen molar-refractivity contribution < 1.29 is 0 Å². The predicted octanol–water partition coefficient (Wildman–Crippen LogP) is 2.87. The van der Waals surface area contributed by atoms with Gasteiger partial charge in [0, 0.05) is 6.04 Å². The zero-order valence-corrected chi connectivity index (χ0v) is 10.6. The van der Waals surface area contributed by atoms with Gasteiger partial charge in [0.05, 0.1) is 23.8 Å². The minimum absolute atomic E-state index is 0.578. The Bertz CT molecular complexity index is 506. The van der Waals surface area contributed by atoms with Crippen molar-refractivity contribution in [2.45, 2.75) is 32.2 Å². The van der Waals surface area contributed by atoms with Gasteiger partial charge in [-0.1, -0.05) is 30.7 Å². The Morgan fingerprint density at radius 2 is 2.17 bits per heavy atom. The third-order valence-corrected chi connectivity index (χ3v) is 3.78. The first-order chi connectivity index (χ1) is 8.84. The quantitative estimate of drug-likeness (QED) is 0.900. The largest absolute Gasteiger partial charge is 0.380 e. The SMILES string of the molecule is CC1CCCC1Nc1ccccc1-n1ccnn1. The maximum atomic E-state index is 4.07. The number of nitrogens with zero attached hydrogens (tertiary/aromatic N) is 3. The van der Waals surface area contributed by atoms with Gasteiger partial charge in [0.2, 0.25) is 0 Å². The topological polar surface area (TPSA) is 42.7 Å². The number of rotatable bonds is 3. The molecule has 2 atom stereocenters. The Morgan fingerprint density at radius 1 is 1.28 bits per heavy atom. The van der Waals surface area contributed by atoms with Crippen LogP contribution < -0.4 is 5.32 Å². The molecule has 4 nitrogen and oxygen atoms in total. The molecule has 4 heteroatoms. The molecule has 1 fully saturated rings. The highest BCUT2D eigenvalue weighted by atomic mass is 15.4. The van der Waals surface area contributed by atoms with Crippen LogP contribution in [-0.2, 0) is 0 Å². The summed E-state index contributed by atoms with van der Waals surface area (Å²) < 4.78 is 1.81. The molecule has 0 aliphatic heterocycles. The van der Waals surface area contributed by atoms with Gasteiger partial charge in [-0.3, -0.25) is 0 Å². The predicted molar refractivity (Wildman–Crippen MR) is 71.8 cm³/mol. The fourth-order valence-electron chi connectivity index (χ4n) is 2.69. The van der Waals surface area contributed by atoms with Crippen LogP contribution in [0, 0.1) is 5.92 Å². The highest BCUT2D eigenvalue weighted by Gasteiger charge is 2.23. The second kappa shape index (κ2) is 4.80. The summed E-state index contributed by atoms with van der Waals surface area (Å²) in [5, 5.41) is 11.6. The molecule has 1 heterocycles. The van der Waals surface area contributed by atoms with E-state index in [4.69, 9.17) is 0 Å². The van der Waals surface area contributed by atoms with E-state index in [9.17, 15) is 0 Å². The van der Waals surface area contributed by atoms with Gasteiger partial charge in [0.1, 0.15) is 0 Å². The van der Waals surface area contributed by atoms with Gasteiger partial charge in [0.15, 0.2) is 0 Å². The fourth-order valence-corrected chi connectivity index (χ4v) is 2.69. The Morgan fingerprint density at radius 3 is 2.89 bits per heavy atom. The molecule has 1 aromatic carbocycles. The molecule has 1 saturated carbocycles. The highest BCUT2D eigenvalue weighted by molar-refractivity contribution is 5.61. The monoisotopic (exact) mass is 242 g/mol. The van der Waals surface area contributed by atoms with Crippen LogP contribution in [0.25, 0.3) is 5.69 Å². The number of nitrogens with one attached hydrogen (secondary N) is 1. The van der Waals surface area contributed by atoms with Crippen LogP contribution in [0.3, 0.4) is 0 Å². The molecule has 0 spiro atoms. The number of benzene rings is 1. The average Bonchev–Trinajstić information content (AvgIpc) is 3.03. The van der Waals surface area contributed by atoms with Gasteiger partial charge in [-0.15, -0.1) is 5.10 Å². The van der Waals surface area contributed by atoms with Crippen LogP contribution in [0.5, 0.6) is 0 Å². The van der Waals surface area contributed by atoms with Gasteiger partial charge < -0.3 is 5.32 Å². The molecule has 1 N–H and O–H groups in total. The van der Waals surface area contributed by atoms with E-state index in [2.05, 4.69) is 40.8 Å². The van der Waals surface area contributed by atoms with Crippen LogP contribution in [0.15, 0.2) is 36.7 Å². The minimum Gasteiger partial charge on any atom is -0.380 e. The Hall–Kier alpha value is -1.84. The molecule has 94 valence electrons. The summed E-state index contributed by atoms with van der Waals surface area (Å²) in [7, 11) is 0. The first-order valence-electron chi connectivity index (χ1n) is 6.57. The third-order valence-electron chi connectivity index (χ3n) is 3.78. The van der Waals surface area contributed by atoms with Crippen molar-refractivity contribution in [2.75, 3.05) is 5.32 Å². The molecule has 1 aliphatic carbocycles. The number of aromatic nitrogens is 3. The molecule has 0 amide bonds. The first-order valence-corrected chi connectivity index (χ1v) is 6.57. The molecule has 2 aromatic rings. The number of hydrogen-bond donors (Lipinski definition) is 1. The van der Waals surface area contributed by atoms with Crippen molar-refractivity contribution in [2.24, 2.45) is 5.92 Å². The summed E-state index contributed by atoms with van der Waals surface area (Å²) >= 11 is 0. The maximum absolute atomic E-state index is 4.07. The van der Waals surface area contributed by atoms with E-state index >= 15 is 0 Å². The van der Waals surface area contributed by atoms with Crippen molar-refractivity contribution in [1.82, 2.24) is 15.0 Å². The van der Waals surface area contributed by atoms with Gasteiger partial charge in [-0.05, 0) is 30.9 Å². The summed E-state index contributed by atoms with van der Waals surface area (Å²) in [5.74, 6) is 0.744. The van der Waals surface area contributed by atoms with Crippen molar-refractivity contribution >= 4 is 5.69 Å². The van der Waals surface area contributed by atoms with Gasteiger partial charge in [-0.2, -0.15) is 0 Å². The highest BCUT2D eigenvalue weighted by Crippen LogP contribution is 2.29. The summed E-state index contributed by atoms with van der Waals surface area (Å²) in [6, 6.07) is 8.84. The Kier molecular flexibility index (Phi) is 3.00. The number of para-hydroxylation sites is 2. The lowest BCUT2D eigenvalue weighted by Gasteiger charge is -2.20. The molecular weight excluding hydrogens is 224 g/mol. The van der Waals surface area contributed by atoms with Crippen LogP contribution in [0.1, 0.15) is 26.2 Å². The van der Waals surface area contributed by atoms with E-state index in [1.54, 1.807) is 6.20 Å². The molecular formula is C14H18N4. The lowest BCUT2D eigenvalue weighted by Crippen LogP contribution is -2.22. The van der Waals surface area contributed by atoms with E-state index in [1.165, 1.54) is 19.3 Å². The number of hydrogen-bond acceptors (Lipinski definition) is 3. The van der Waals surface area contributed by atoms with E-state index in [0.29, 0.717) is 6.04 Å². The molecule has 1 aromatic heterocycles. The second-order valence-corrected chi connectivity index (χ2v) is 5.02. The van der Waals surface area contributed by atoms with Crippen molar-refractivity contribution in [3.05, 3.63) is 36.7 Å². The van der Waals surface area contributed by atoms with Crippen LogP contribution in [-0.4, -0.2) is 21.0 Å². The zero-order valence-electron chi connectivity index (χ0n) is 10.6. The lowest BCUT2D eigenvalue weighted by molar-refractivity contribution is 0.556. The Labute approximate surface area is 107 Å². The smallest absolute Gasteiger partial charge is 0.0894 e. The molecule has 18 heavy (non-hydrogen) atoms. The molecule has 1 aliphatic rings. The Balaban J connectivity index is 1.88. The molecule has 0 saturated heterocycles. The zero-order chi connectivity index (χ0) is 12.4. The van der Waals surface area contributed by atoms with Crippen LogP contribution >= 0.6 is 0 Å². The van der Waals surface area contributed by atoms with E-state index < -0.39 is 0 Å². The summed E-state index contributed by atoms with van der Waals surface area (Å²) in [6.07, 6.45) is 7.48. The van der Waals surface area contributed by atoms with Crippen molar-refractivity contribution in [3.8, 4) is 5.69 Å². The summed E-state index contributed by atoms with van der Waals surface area (Å²) in [4.78, 5) is 0. The van der Waals surface area contributed by atoms with Crippen LogP contribution in [0.4, 0.5) is 5.69 Å².